The van der Waals surface area contributed by atoms with Crippen molar-refractivity contribution in [3.05, 3.63) is 47.9 Å². The summed E-state index contributed by atoms with van der Waals surface area (Å²) >= 11 is 0. The number of methoxy groups -OCH3 is 2. The van der Waals surface area contributed by atoms with E-state index >= 15 is 0 Å². The Bertz CT molecular complexity index is 553. The van der Waals surface area contributed by atoms with E-state index in [1.807, 2.05) is 25.1 Å². The van der Waals surface area contributed by atoms with Crippen LogP contribution in [0.25, 0.3) is 0 Å². The molecule has 2 atom stereocenters. The van der Waals surface area contributed by atoms with Crippen molar-refractivity contribution in [3.63, 3.8) is 0 Å². The van der Waals surface area contributed by atoms with E-state index < -0.39 is 6.10 Å². The molecule has 0 aliphatic heterocycles. The lowest BCUT2D eigenvalue weighted by Crippen LogP contribution is -2.24. The van der Waals surface area contributed by atoms with Crippen LogP contribution in [0.15, 0.2) is 41.0 Å². The Morgan fingerprint density at radius 3 is 2.57 bits per heavy atom. The third-order valence-electron chi connectivity index (χ3n) is 3.40. The molecule has 5 nitrogen and oxygen atoms in total. The predicted octanol–water partition coefficient (Wildman–Crippen LogP) is 2.68. The number of ether oxygens (including phenoxy) is 2. The maximum Gasteiger partial charge on any atom is 0.161 e. The highest BCUT2D eigenvalue weighted by Gasteiger charge is 2.14. The molecule has 1 aromatic carbocycles. The Morgan fingerprint density at radius 1 is 1.19 bits per heavy atom. The van der Waals surface area contributed by atoms with E-state index in [-0.39, 0.29) is 6.04 Å². The van der Waals surface area contributed by atoms with Crippen LogP contribution >= 0.6 is 0 Å². The fourth-order valence-corrected chi connectivity index (χ4v) is 2.11. The van der Waals surface area contributed by atoms with Gasteiger partial charge in [-0.1, -0.05) is 6.07 Å². The molecular formula is C16H21NO4. The number of aliphatic hydroxyl groups excluding tert-OH is 1. The summed E-state index contributed by atoms with van der Waals surface area (Å²) in [5.41, 5.74) is 1.05. The van der Waals surface area contributed by atoms with Crippen molar-refractivity contribution in [2.24, 2.45) is 0 Å². The summed E-state index contributed by atoms with van der Waals surface area (Å²) in [6, 6.07) is 9.35. The van der Waals surface area contributed by atoms with Crippen LogP contribution in [0.2, 0.25) is 0 Å². The van der Waals surface area contributed by atoms with E-state index in [0.29, 0.717) is 23.8 Å². The van der Waals surface area contributed by atoms with Crippen LogP contribution in [-0.4, -0.2) is 25.9 Å². The maximum atomic E-state index is 9.99. The molecule has 0 aliphatic rings. The number of aliphatic hydroxyl groups is 1. The third kappa shape index (κ3) is 3.77. The van der Waals surface area contributed by atoms with Gasteiger partial charge < -0.3 is 24.3 Å². The quantitative estimate of drug-likeness (QED) is 0.821. The second kappa shape index (κ2) is 7.15. The maximum absolute atomic E-state index is 9.99. The van der Waals surface area contributed by atoms with Crippen molar-refractivity contribution < 1.29 is 19.0 Å². The molecule has 5 heteroatoms. The average molecular weight is 291 g/mol. The van der Waals surface area contributed by atoms with E-state index in [0.717, 1.165) is 5.56 Å². The molecule has 0 amide bonds. The fraction of sp³-hybridized carbons (Fsp3) is 0.375. The van der Waals surface area contributed by atoms with Crippen LogP contribution in [-0.2, 0) is 0 Å². The Hall–Kier alpha value is -1.98. The van der Waals surface area contributed by atoms with Crippen LogP contribution in [0.4, 0.5) is 0 Å². The molecule has 2 N–H and O–H groups in total. The average Bonchev–Trinajstić information content (AvgIpc) is 3.06. The molecule has 2 unspecified atom stereocenters. The van der Waals surface area contributed by atoms with Crippen molar-refractivity contribution in [1.29, 1.82) is 0 Å². The number of benzene rings is 1. The first-order chi connectivity index (χ1) is 10.2. The van der Waals surface area contributed by atoms with E-state index in [2.05, 4.69) is 5.32 Å². The number of hydrogen-bond donors (Lipinski definition) is 2. The molecule has 0 saturated carbocycles. The van der Waals surface area contributed by atoms with E-state index in [4.69, 9.17) is 13.9 Å². The highest BCUT2D eigenvalue weighted by molar-refractivity contribution is 5.43. The predicted molar refractivity (Wildman–Crippen MR) is 79.6 cm³/mol. The molecule has 0 spiro atoms. The number of rotatable bonds is 7. The molecule has 21 heavy (non-hydrogen) atoms. The summed E-state index contributed by atoms with van der Waals surface area (Å²) in [5.74, 6) is 1.95. The van der Waals surface area contributed by atoms with Gasteiger partial charge in [0.2, 0.25) is 0 Å². The van der Waals surface area contributed by atoms with Crippen LogP contribution in [0, 0.1) is 0 Å². The van der Waals surface area contributed by atoms with Gasteiger partial charge in [-0.25, -0.2) is 0 Å². The minimum Gasteiger partial charge on any atom is -0.493 e. The summed E-state index contributed by atoms with van der Waals surface area (Å²) < 4.78 is 15.7. The fourth-order valence-electron chi connectivity index (χ4n) is 2.11. The zero-order chi connectivity index (χ0) is 15.2. The largest absolute Gasteiger partial charge is 0.493 e. The Kier molecular flexibility index (Phi) is 5.25. The van der Waals surface area contributed by atoms with Gasteiger partial charge in [0.25, 0.3) is 0 Å². The van der Waals surface area contributed by atoms with Crippen LogP contribution in [0.5, 0.6) is 11.5 Å². The standard InChI is InChI=1S/C16H21NO4/c1-11(17-10-13(18)14-5-4-8-21-14)12-6-7-15(19-2)16(9-12)20-3/h4-9,11,13,17-18H,10H2,1-3H3. The first-order valence-electron chi connectivity index (χ1n) is 6.82. The Balaban J connectivity index is 1.98. The Labute approximate surface area is 124 Å². The lowest BCUT2D eigenvalue weighted by molar-refractivity contribution is 0.144. The van der Waals surface area contributed by atoms with Crippen molar-refractivity contribution in [2.75, 3.05) is 20.8 Å². The van der Waals surface area contributed by atoms with Crippen molar-refractivity contribution in [2.45, 2.75) is 19.1 Å². The van der Waals surface area contributed by atoms with Gasteiger partial charge in [-0.2, -0.15) is 0 Å². The van der Waals surface area contributed by atoms with Crippen molar-refractivity contribution in [3.8, 4) is 11.5 Å². The highest BCUT2D eigenvalue weighted by atomic mass is 16.5. The lowest BCUT2D eigenvalue weighted by Gasteiger charge is -2.18. The molecule has 1 heterocycles. The van der Waals surface area contributed by atoms with Crippen molar-refractivity contribution >= 4 is 0 Å². The van der Waals surface area contributed by atoms with Gasteiger partial charge in [-0.3, -0.25) is 0 Å². The molecule has 0 aliphatic carbocycles. The van der Waals surface area contributed by atoms with Crippen LogP contribution < -0.4 is 14.8 Å². The zero-order valence-corrected chi connectivity index (χ0v) is 12.5. The molecule has 0 fully saturated rings. The second-order valence-electron chi connectivity index (χ2n) is 4.78. The minimum absolute atomic E-state index is 0.0643. The Morgan fingerprint density at radius 2 is 1.95 bits per heavy atom. The summed E-state index contributed by atoms with van der Waals surface area (Å²) in [4.78, 5) is 0. The van der Waals surface area contributed by atoms with Crippen LogP contribution in [0.1, 0.15) is 30.4 Å². The molecule has 2 rings (SSSR count). The summed E-state index contributed by atoms with van der Waals surface area (Å²) in [6.07, 6.45) is 0.888. The SMILES string of the molecule is COc1ccc(C(C)NCC(O)c2ccco2)cc1OC. The van der Waals surface area contributed by atoms with Gasteiger partial charge in [0.05, 0.1) is 20.5 Å². The van der Waals surface area contributed by atoms with Gasteiger partial charge in [-0.15, -0.1) is 0 Å². The summed E-state index contributed by atoms with van der Waals surface area (Å²) in [6.45, 7) is 2.43. The van der Waals surface area contributed by atoms with Gasteiger partial charge in [0, 0.05) is 12.6 Å². The summed E-state index contributed by atoms with van der Waals surface area (Å²) in [5, 5.41) is 13.3. The number of hydrogen-bond acceptors (Lipinski definition) is 5. The van der Waals surface area contributed by atoms with Gasteiger partial charge in [0.1, 0.15) is 11.9 Å². The second-order valence-corrected chi connectivity index (χ2v) is 4.78. The number of nitrogens with one attached hydrogen (secondary N) is 1. The molecule has 114 valence electrons. The van der Waals surface area contributed by atoms with E-state index in [9.17, 15) is 5.11 Å². The highest BCUT2D eigenvalue weighted by Crippen LogP contribution is 2.30. The van der Waals surface area contributed by atoms with Gasteiger partial charge in [0.15, 0.2) is 11.5 Å². The topological polar surface area (TPSA) is 63.9 Å². The molecule has 0 bridgehead atoms. The smallest absolute Gasteiger partial charge is 0.161 e. The van der Waals surface area contributed by atoms with Gasteiger partial charge >= 0.3 is 0 Å². The third-order valence-corrected chi connectivity index (χ3v) is 3.40. The van der Waals surface area contributed by atoms with E-state index in [1.165, 1.54) is 0 Å². The molecular weight excluding hydrogens is 270 g/mol. The first-order valence-corrected chi connectivity index (χ1v) is 6.82. The van der Waals surface area contributed by atoms with E-state index in [1.54, 1.807) is 32.6 Å². The lowest BCUT2D eigenvalue weighted by atomic mass is 10.1. The minimum atomic E-state index is -0.664. The summed E-state index contributed by atoms with van der Waals surface area (Å²) in [7, 11) is 3.22. The number of furan rings is 1. The van der Waals surface area contributed by atoms with Crippen LogP contribution in [0.3, 0.4) is 0 Å². The molecule has 2 aromatic rings. The molecule has 0 radical (unpaired) electrons. The van der Waals surface area contributed by atoms with Gasteiger partial charge in [-0.05, 0) is 36.8 Å². The molecule has 0 saturated heterocycles. The first kappa shape index (κ1) is 15.4. The van der Waals surface area contributed by atoms with Crippen molar-refractivity contribution in [1.82, 2.24) is 5.32 Å². The zero-order valence-electron chi connectivity index (χ0n) is 12.5. The molecule has 1 aromatic heterocycles. The normalized spacial score (nSPS) is 13.7. The monoisotopic (exact) mass is 291 g/mol.